The second kappa shape index (κ2) is 7.34. The third-order valence-corrected chi connectivity index (χ3v) is 9.22. The van der Waals surface area contributed by atoms with Gasteiger partial charge in [0.15, 0.2) is 0 Å². The van der Waals surface area contributed by atoms with E-state index in [2.05, 4.69) is 34.0 Å². The first-order chi connectivity index (χ1) is 18.4. The molecule has 4 aliphatic heterocycles. The largest absolute Gasteiger partial charge is 0.380 e. The molecule has 1 unspecified atom stereocenters. The number of aliphatic imine (C=N–C) groups is 1. The minimum Gasteiger partial charge on any atom is -0.380 e. The van der Waals surface area contributed by atoms with Gasteiger partial charge in [0, 0.05) is 41.8 Å². The van der Waals surface area contributed by atoms with Crippen LogP contribution in [-0.4, -0.2) is 58.5 Å². The summed E-state index contributed by atoms with van der Waals surface area (Å²) >= 11 is 0. The zero-order valence-corrected chi connectivity index (χ0v) is 21.2. The van der Waals surface area contributed by atoms with Gasteiger partial charge in [-0.1, -0.05) is 18.1 Å². The van der Waals surface area contributed by atoms with Crippen molar-refractivity contribution in [3.63, 3.8) is 0 Å². The number of benzene rings is 2. The zero-order valence-electron chi connectivity index (χ0n) is 21.2. The first-order valence-corrected chi connectivity index (χ1v) is 13.2. The number of fused-ring (bicyclic) bond motifs is 9. The topological polar surface area (TPSA) is 97.8 Å². The molecular formula is C30H28N6O2. The highest BCUT2D eigenvalue weighted by Crippen LogP contribution is 2.52. The molecule has 1 spiro atoms. The fraction of sp³-hybridized carbons (Fsp3) is 0.367. The number of nitrogens with zero attached hydrogens (tertiary/aromatic N) is 4. The van der Waals surface area contributed by atoms with Gasteiger partial charge < -0.3 is 25.3 Å². The molecule has 190 valence electrons. The van der Waals surface area contributed by atoms with Gasteiger partial charge >= 0.3 is 0 Å². The van der Waals surface area contributed by atoms with Crippen LogP contribution in [0.2, 0.25) is 0 Å². The zero-order chi connectivity index (χ0) is 25.8. The number of ether oxygens (including phenoxy) is 1. The number of terminal acetylenes is 1. The molecule has 1 aromatic heterocycles. The van der Waals surface area contributed by atoms with Crippen LogP contribution in [-0.2, 0) is 4.74 Å². The Kier molecular flexibility index (Phi) is 4.27. The SMILES string of the molecule is C#Cc1cccc2c1[C@H]1CC(c3nc4ccc(C5=CNC(C6(N)CC7(COC7)C6)=NC5)cc4n31)N(C)C2=O. The first-order valence-electron chi connectivity index (χ1n) is 13.2. The summed E-state index contributed by atoms with van der Waals surface area (Å²) in [4.78, 5) is 25.0. The van der Waals surface area contributed by atoms with Crippen LogP contribution >= 0.6 is 0 Å². The van der Waals surface area contributed by atoms with Crippen molar-refractivity contribution >= 4 is 28.3 Å². The Balaban J connectivity index is 1.16. The highest BCUT2D eigenvalue weighted by atomic mass is 16.5. The number of imidazole rings is 1. The second-order valence-electron chi connectivity index (χ2n) is 11.6. The van der Waals surface area contributed by atoms with Crippen molar-refractivity contribution in [3.05, 3.63) is 70.7 Å². The summed E-state index contributed by atoms with van der Waals surface area (Å²) in [6.07, 6.45) is 10.6. The van der Waals surface area contributed by atoms with Gasteiger partial charge in [-0.2, -0.15) is 0 Å². The second-order valence-corrected chi connectivity index (χ2v) is 11.6. The van der Waals surface area contributed by atoms with Gasteiger partial charge in [-0.3, -0.25) is 9.79 Å². The molecule has 0 radical (unpaired) electrons. The highest BCUT2D eigenvalue weighted by molar-refractivity contribution is 5.98. The summed E-state index contributed by atoms with van der Waals surface area (Å²) in [5.74, 6) is 4.60. The standard InChI is InChI=1S/C30H28N6O2/c1-3-17-5-4-6-20-25(17)23-10-24(35(2)27(20)37)26-34-21-8-7-18(9-22(21)36(23)26)19-11-32-28(33-12-19)30(31)13-29(14-30)15-38-16-29/h1,4-9,11,23-24H,10,12-16,31H2,2H3,(H,32,33)/t23-,24?/m1/s1. The van der Waals surface area contributed by atoms with E-state index in [-0.39, 0.29) is 28.9 Å². The summed E-state index contributed by atoms with van der Waals surface area (Å²) in [5.41, 5.74) is 13.1. The van der Waals surface area contributed by atoms with Gasteiger partial charge in [0.2, 0.25) is 0 Å². The Morgan fingerprint density at radius 3 is 2.76 bits per heavy atom. The van der Waals surface area contributed by atoms with E-state index in [9.17, 15) is 4.79 Å². The predicted octanol–water partition coefficient (Wildman–Crippen LogP) is 2.99. The van der Waals surface area contributed by atoms with E-state index in [1.807, 2.05) is 36.3 Å². The van der Waals surface area contributed by atoms with Crippen molar-refractivity contribution in [3.8, 4) is 12.3 Å². The molecule has 5 heterocycles. The average molecular weight is 505 g/mol. The minimum absolute atomic E-state index is 0.00408. The molecule has 1 saturated carbocycles. The number of aromatic nitrogens is 2. The maximum Gasteiger partial charge on any atom is 0.254 e. The smallest absolute Gasteiger partial charge is 0.254 e. The summed E-state index contributed by atoms with van der Waals surface area (Å²) < 4.78 is 7.70. The maximum atomic E-state index is 13.3. The van der Waals surface area contributed by atoms with E-state index < -0.39 is 0 Å². The molecule has 2 fully saturated rings. The van der Waals surface area contributed by atoms with Gasteiger partial charge in [0.25, 0.3) is 5.91 Å². The van der Waals surface area contributed by atoms with E-state index >= 15 is 0 Å². The molecule has 1 saturated heterocycles. The molecule has 3 N–H and O–H groups in total. The maximum absolute atomic E-state index is 13.3. The molecule has 8 heteroatoms. The molecule has 3 aromatic rings. The van der Waals surface area contributed by atoms with Crippen molar-refractivity contribution in [1.29, 1.82) is 0 Å². The van der Waals surface area contributed by atoms with Gasteiger partial charge in [0.05, 0.1) is 48.4 Å². The van der Waals surface area contributed by atoms with Crippen LogP contribution in [0.4, 0.5) is 0 Å². The number of nitrogens with one attached hydrogen (secondary N) is 1. The lowest BCUT2D eigenvalue weighted by Crippen LogP contribution is -2.70. The summed E-state index contributed by atoms with van der Waals surface area (Å²) in [6, 6.07) is 11.9. The Bertz CT molecular complexity index is 1660. The third-order valence-electron chi connectivity index (χ3n) is 9.22. The van der Waals surface area contributed by atoms with Crippen molar-refractivity contribution in [2.45, 2.75) is 36.9 Å². The third kappa shape index (κ3) is 2.80. The van der Waals surface area contributed by atoms with E-state index in [0.29, 0.717) is 12.1 Å². The molecule has 2 aromatic carbocycles. The van der Waals surface area contributed by atoms with E-state index in [0.717, 1.165) is 77.4 Å². The Morgan fingerprint density at radius 1 is 1.21 bits per heavy atom. The van der Waals surface area contributed by atoms with Crippen LogP contribution in [0.3, 0.4) is 0 Å². The number of hydrogen-bond donors (Lipinski definition) is 2. The van der Waals surface area contributed by atoms with E-state index in [4.69, 9.17) is 26.9 Å². The van der Waals surface area contributed by atoms with Gasteiger partial charge in [0.1, 0.15) is 11.7 Å². The fourth-order valence-electron chi connectivity index (χ4n) is 7.38. The first kappa shape index (κ1) is 22.1. The van der Waals surface area contributed by atoms with Crippen LogP contribution in [0.15, 0.2) is 47.6 Å². The van der Waals surface area contributed by atoms with Crippen LogP contribution in [0.25, 0.3) is 16.6 Å². The summed E-state index contributed by atoms with van der Waals surface area (Å²) in [5, 5.41) is 3.41. The Morgan fingerprint density at radius 2 is 2.05 bits per heavy atom. The quantitative estimate of drug-likeness (QED) is 0.523. The van der Waals surface area contributed by atoms with E-state index in [1.54, 1.807) is 0 Å². The molecule has 2 bridgehead atoms. The van der Waals surface area contributed by atoms with Crippen molar-refractivity contribution < 1.29 is 9.53 Å². The number of amidine groups is 1. The van der Waals surface area contributed by atoms with E-state index in [1.165, 1.54) is 0 Å². The van der Waals surface area contributed by atoms with Gasteiger partial charge in [-0.15, -0.1) is 6.42 Å². The molecule has 38 heavy (non-hydrogen) atoms. The number of carbonyl (C=O) groups is 1. The van der Waals surface area contributed by atoms with Crippen molar-refractivity contribution in [2.24, 2.45) is 16.1 Å². The average Bonchev–Trinajstić information content (AvgIpc) is 3.43. The fourth-order valence-corrected chi connectivity index (χ4v) is 7.38. The monoisotopic (exact) mass is 504 g/mol. The summed E-state index contributed by atoms with van der Waals surface area (Å²) in [7, 11) is 1.86. The Labute approximate surface area is 220 Å². The lowest BCUT2D eigenvalue weighted by Gasteiger charge is -2.58. The lowest BCUT2D eigenvalue weighted by molar-refractivity contribution is -0.173. The molecule has 1 amide bonds. The molecule has 8 rings (SSSR count). The number of carbonyl (C=O) groups excluding carboxylic acids is 1. The van der Waals surface area contributed by atoms with Crippen LogP contribution < -0.4 is 11.1 Å². The lowest BCUT2D eigenvalue weighted by atomic mass is 9.56. The van der Waals surface area contributed by atoms with Gasteiger partial charge in [-0.25, -0.2) is 4.98 Å². The molecule has 2 atom stereocenters. The Hall–Kier alpha value is -3.93. The van der Waals surface area contributed by atoms with Gasteiger partial charge in [-0.05, 0) is 48.2 Å². The molecular weight excluding hydrogens is 476 g/mol. The van der Waals surface area contributed by atoms with Crippen molar-refractivity contribution in [1.82, 2.24) is 19.8 Å². The number of amides is 1. The van der Waals surface area contributed by atoms with Crippen LogP contribution in [0.1, 0.15) is 64.2 Å². The number of nitrogens with two attached hydrogens (primary N) is 1. The molecule has 5 aliphatic rings. The normalized spacial score (nSPS) is 25.8. The van der Waals surface area contributed by atoms with Crippen LogP contribution in [0.5, 0.6) is 0 Å². The van der Waals surface area contributed by atoms with Crippen molar-refractivity contribution in [2.75, 3.05) is 26.8 Å². The van der Waals surface area contributed by atoms with Crippen LogP contribution in [0, 0.1) is 17.8 Å². The molecule has 8 nitrogen and oxygen atoms in total. The summed E-state index contributed by atoms with van der Waals surface area (Å²) in [6.45, 7) is 2.20. The number of rotatable bonds is 2. The predicted molar refractivity (Wildman–Crippen MR) is 145 cm³/mol. The number of hydrogen-bond acceptors (Lipinski definition) is 6. The minimum atomic E-state index is -0.385. The molecule has 1 aliphatic carbocycles. The highest BCUT2D eigenvalue weighted by Gasteiger charge is 2.59.